The maximum Gasteiger partial charge on any atom is 0.249 e. The van der Waals surface area contributed by atoms with Crippen molar-refractivity contribution in [2.75, 3.05) is 13.2 Å². The molecule has 0 radical (unpaired) electrons. The Morgan fingerprint density at radius 3 is 1.27 bits per heavy atom. The van der Waals surface area contributed by atoms with Crippen molar-refractivity contribution in [3.8, 4) is 0 Å². The third-order valence-electron chi connectivity index (χ3n) is 13.5. The van der Waals surface area contributed by atoms with Crippen LogP contribution in [0.1, 0.15) is 264 Å². The molecule has 0 bridgehead atoms. The minimum Gasteiger partial charge on any atom is -0.394 e. The maximum atomic E-state index is 13.1. The Balaban J connectivity index is 2.20. The highest BCUT2D eigenvalue weighted by Gasteiger charge is 2.44. The van der Waals surface area contributed by atoms with E-state index in [9.17, 15) is 35.4 Å². The summed E-state index contributed by atoms with van der Waals surface area (Å²) in [6.45, 7) is 3.63. The molecule has 8 unspecified atom stereocenters. The number of amides is 1. The minimum absolute atomic E-state index is 0.301. The molecule has 0 spiro atoms. The van der Waals surface area contributed by atoms with Crippen LogP contribution in [0, 0.1) is 0 Å². The van der Waals surface area contributed by atoms with Gasteiger partial charge in [0.25, 0.3) is 0 Å². The highest BCUT2D eigenvalue weighted by molar-refractivity contribution is 5.80. The van der Waals surface area contributed by atoms with Crippen LogP contribution in [-0.4, -0.2) is 98.7 Å². The number of aliphatic hydroxyl groups is 6. The molecule has 1 amide bonds. The Hall–Kier alpha value is -1.11. The summed E-state index contributed by atoms with van der Waals surface area (Å²) in [6.07, 6.45) is 43.2. The minimum atomic E-state index is -1.61. The second-order valence-corrected chi connectivity index (χ2v) is 19.5. The van der Waals surface area contributed by atoms with Gasteiger partial charge in [-0.05, 0) is 19.3 Å². The highest BCUT2D eigenvalue weighted by atomic mass is 16.7. The largest absolute Gasteiger partial charge is 0.394 e. The summed E-state index contributed by atoms with van der Waals surface area (Å²) in [4.78, 5) is 13.1. The molecule has 0 aliphatic carbocycles. The summed E-state index contributed by atoms with van der Waals surface area (Å²) < 4.78 is 11.2. The Bertz CT molecular complexity index is 1030. The summed E-state index contributed by atoms with van der Waals surface area (Å²) in [7, 11) is 0. The number of ether oxygens (including phenoxy) is 2. The van der Waals surface area contributed by atoms with Crippen molar-refractivity contribution in [3.05, 3.63) is 12.2 Å². The van der Waals surface area contributed by atoms with Gasteiger partial charge >= 0.3 is 0 Å². The predicted octanol–water partition coefficient (Wildman–Crippen LogP) is 11.8. The van der Waals surface area contributed by atoms with E-state index in [2.05, 4.69) is 19.2 Å². The van der Waals surface area contributed by atoms with Gasteiger partial charge in [-0.25, -0.2) is 0 Å². The topological polar surface area (TPSA) is 169 Å². The van der Waals surface area contributed by atoms with E-state index in [1.165, 1.54) is 199 Å². The number of unbranched alkanes of at least 4 members (excludes halogenated alkanes) is 36. The molecule has 0 aromatic carbocycles. The lowest BCUT2D eigenvalue weighted by Gasteiger charge is -2.40. The molecule has 7 N–H and O–H groups in total. The van der Waals surface area contributed by atoms with Gasteiger partial charge in [0.2, 0.25) is 5.91 Å². The van der Waals surface area contributed by atoms with Crippen LogP contribution < -0.4 is 5.32 Å². The van der Waals surface area contributed by atoms with Gasteiger partial charge in [-0.3, -0.25) is 4.79 Å². The van der Waals surface area contributed by atoms with E-state index in [1.54, 1.807) is 6.08 Å². The fourth-order valence-corrected chi connectivity index (χ4v) is 8.99. The molecular formula is C54H105NO9. The van der Waals surface area contributed by atoms with Crippen LogP contribution in [0.5, 0.6) is 0 Å². The zero-order chi connectivity index (χ0) is 46.7. The number of hydrogen-bond acceptors (Lipinski definition) is 9. The fourth-order valence-electron chi connectivity index (χ4n) is 8.99. The van der Waals surface area contributed by atoms with E-state index in [-0.39, 0.29) is 6.61 Å². The summed E-state index contributed by atoms with van der Waals surface area (Å²) in [5.74, 6) is -0.612. The van der Waals surface area contributed by atoms with Gasteiger partial charge in [-0.15, -0.1) is 0 Å². The molecule has 10 nitrogen and oxygen atoms in total. The van der Waals surface area contributed by atoms with E-state index in [0.717, 1.165) is 44.9 Å². The molecule has 10 heteroatoms. The number of aliphatic hydroxyl groups excluding tert-OH is 6. The molecule has 1 fully saturated rings. The molecule has 64 heavy (non-hydrogen) atoms. The third-order valence-corrected chi connectivity index (χ3v) is 13.5. The highest BCUT2D eigenvalue weighted by Crippen LogP contribution is 2.23. The van der Waals surface area contributed by atoms with Crippen molar-refractivity contribution >= 4 is 5.91 Å². The summed E-state index contributed by atoms with van der Waals surface area (Å²) >= 11 is 0. The first-order valence-electron chi connectivity index (χ1n) is 27.5. The zero-order valence-electron chi connectivity index (χ0n) is 41.7. The Morgan fingerprint density at radius 2 is 0.891 bits per heavy atom. The molecule has 1 aliphatic rings. The zero-order valence-corrected chi connectivity index (χ0v) is 41.7. The van der Waals surface area contributed by atoms with Crippen LogP contribution in [-0.2, 0) is 14.3 Å². The van der Waals surface area contributed by atoms with Crippen LogP contribution in [0.3, 0.4) is 0 Å². The van der Waals surface area contributed by atoms with Gasteiger partial charge in [0, 0.05) is 0 Å². The SMILES string of the molecule is CCCCCCCCCCCC/C=C/C(O)C(COC1OC(CO)C(O)C(O)C1O)NC(=O)C(O)CCCCCCCCCCCCCCCCCCCCCCCCCCCCC. The molecular weight excluding hydrogens is 807 g/mol. The average molecular weight is 912 g/mol. The van der Waals surface area contributed by atoms with E-state index in [1.807, 2.05) is 6.08 Å². The van der Waals surface area contributed by atoms with E-state index >= 15 is 0 Å². The van der Waals surface area contributed by atoms with Crippen LogP contribution in [0.4, 0.5) is 0 Å². The van der Waals surface area contributed by atoms with Gasteiger partial charge in [-0.1, -0.05) is 257 Å². The Morgan fingerprint density at radius 1 is 0.531 bits per heavy atom. The van der Waals surface area contributed by atoms with Gasteiger partial charge < -0.3 is 45.4 Å². The summed E-state index contributed by atoms with van der Waals surface area (Å²) in [5, 5.41) is 64.8. The number of nitrogens with one attached hydrogen (secondary N) is 1. The first-order chi connectivity index (χ1) is 31.3. The Labute approximate surface area is 393 Å². The van der Waals surface area contributed by atoms with E-state index in [4.69, 9.17) is 9.47 Å². The van der Waals surface area contributed by atoms with Crippen molar-refractivity contribution in [2.24, 2.45) is 0 Å². The van der Waals surface area contributed by atoms with Crippen molar-refractivity contribution in [2.45, 2.75) is 313 Å². The van der Waals surface area contributed by atoms with Crippen molar-refractivity contribution in [3.63, 3.8) is 0 Å². The quantitative estimate of drug-likeness (QED) is 0.0232. The summed E-state index contributed by atoms with van der Waals surface area (Å²) in [6, 6.07) is -0.975. The molecule has 1 saturated heterocycles. The third kappa shape index (κ3) is 33.4. The normalized spacial score (nSPS) is 20.5. The van der Waals surface area contributed by atoms with E-state index < -0.39 is 61.5 Å². The standard InChI is InChI=1S/C54H105NO9/c1-3-5-7-9-11-13-15-17-18-19-20-21-22-23-24-25-26-27-28-29-30-31-33-35-37-39-41-43-48(58)53(62)55-46(45-63-54-52(61)51(60)50(59)49(44-56)64-54)47(57)42-40-38-36-34-32-16-14-12-10-8-6-4-2/h40,42,46-52,54,56-61H,3-39,41,43-45H2,1-2H3,(H,55,62)/b42-40+. The molecule has 1 rings (SSSR count). The predicted molar refractivity (Wildman–Crippen MR) is 264 cm³/mol. The van der Waals surface area contributed by atoms with Crippen LogP contribution in [0.15, 0.2) is 12.2 Å². The lowest BCUT2D eigenvalue weighted by Crippen LogP contribution is -2.60. The van der Waals surface area contributed by atoms with Crippen LogP contribution in [0.2, 0.25) is 0 Å². The van der Waals surface area contributed by atoms with Crippen molar-refractivity contribution < 1.29 is 44.9 Å². The average Bonchev–Trinajstić information content (AvgIpc) is 3.29. The molecule has 380 valence electrons. The lowest BCUT2D eigenvalue weighted by molar-refractivity contribution is -0.302. The number of carbonyl (C=O) groups excluding carboxylic acids is 1. The van der Waals surface area contributed by atoms with Gasteiger partial charge in [0.15, 0.2) is 6.29 Å². The fraction of sp³-hybridized carbons (Fsp3) is 0.944. The van der Waals surface area contributed by atoms with E-state index in [0.29, 0.717) is 6.42 Å². The number of allylic oxidation sites excluding steroid dienone is 1. The van der Waals surface area contributed by atoms with Crippen molar-refractivity contribution in [1.82, 2.24) is 5.32 Å². The number of rotatable bonds is 47. The van der Waals surface area contributed by atoms with Gasteiger partial charge in [0.05, 0.1) is 25.4 Å². The molecule has 0 saturated carbocycles. The molecule has 1 heterocycles. The Kier molecular flexibility index (Phi) is 42.3. The second-order valence-electron chi connectivity index (χ2n) is 19.5. The van der Waals surface area contributed by atoms with Gasteiger partial charge in [-0.2, -0.15) is 0 Å². The first-order valence-corrected chi connectivity index (χ1v) is 27.5. The maximum absolute atomic E-state index is 13.1. The lowest BCUT2D eigenvalue weighted by atomic mass is 9.99. The smallest absolute Gasteiger partial charge is 0.249 e. The van der Waals surface area contributed by atoms with Crippen LogP contribution in [0.25, 0.3) is 0 Å². The van der Waals surface area contributed by atoms with Gasteiger partial charge in [0.1, 0.15) is 30.5 Å². The molecule has 8 atom stereocenters. The molecule has 0 aromatic heterocycles. The number of hydrogen-bond donors (Lipinski definition) is 7. The number of carbonyl (C=O) groups is 1. The van der Waals surface area contributed by atoms with Crippen molar-refractivity contribution in [1.29, 1.82) is 0 Å². The first kappa shape index (κ1) is 60.9. The van der Waals surface area contributed by atoms with Crippen LogP contribution >= 0.6 is 0 Å². The molecule has 1 aliphatic heterocycles. The monoisotopic (exact) mass is 912 g/mol. The summed E-state index contributed by atoms with van der Waals surface area (Å²) in [5.41, 5.74) is 0. The second kappa shape index (κ2) is 44.4. The molecule has 0 aromatic rings.